The third kappa shape index (κ3) is 3.35. The molecule has 27 heavy (non-hydrogen) atoms. The molecule has 6 nitrogen and oxygen atoms in total. The van der Waals surface area contributed by atoms with E-state index in [2.05, 4.69) is 5.32 Å². The normalized spacial score (nSPS) is 15.5. The van der Waals surface area contributed by atoms with Gasteiger partial charge in [-0.15, -0.1) is 0 Å². The van der Waals surface area contributed by atoms with Crippen LogP contribution < -0.4 is 14.8 Å². The number of likely N-dealkylation sites (tertiary alicyclic amines) is 1. The molecule has 2 amide bonds. The first-order valence-electron chi connectivity index (χ1n) is 9.24. The quantitative estimate of drug-likeness (QED) is 0.905. The first-order valence-corrected chi connectivity index (χ1v) is 9.24. The van der Waals surface area contributed by atoms with Gasteiger partial charge < -0.3 is 19.7 Å². The molecule has 2 aliphatic heterocycles. The largest absolute Gasteiger partial charge is 0.486 e. The zero-order valence-corrected chi connectivity index (χ0v) is 15.3. The van der Waals surface area contributed by atoms with Crippen molar-refractivity contribution in [2.24, 2.45) is 0 Å². The molecule has 2 heterocycles. The highest BCUT2D eigenvalue weighted by Crippen LogP contribution is 2.34. The fourth-order valence-electron chi connectivity index (χ4n) is 3.54. The minimum Gasteiger partial charge on any atom is -0.486 e. The molecule has 1 fully saturated rings. The Balaban J connectivity index is 1.59. The number of ether oxygens (including phenoxy) is 2. The van der Waals surface area contributed by atoms with E-state index in [1.165, 1.54) is 0 Å². The highest BCUT2D eigenvalue weighted by molar-refractivity contribution is 6.08. The van der Waals surface area contributed by atoms with Crippen LogP contribution in [0.4, 0.5) is 5.69 Å². The van der Waals surface area contributed by atoms with Crippen LogP contribution in [0, 0.1) is 6.92 Å². The number of carbonyl (C=O) groups is 2. The van der Waals surface area contributed by atoms with Crippen molar-refractivity contribution in [2.45, 2.75) is 19.8 Å². The van der Waals surface area contributed by atoms with Crippen molar-refractivity contribution in [3.05, 3.63) is 53.1 Å². The molecular weight excluding hydrogens is 344 g/mol. The van der Waals surface area contributed by atoms with E-state index in [1.54, 1.807) is 30.3 Å². The Morgan fingerprint density at radius 3 is 2.48 bits per heavy atom. The first-order chi connectivity index (χ1) is 13.1. The summed E-state index contributed by atoms with van der Waals surface area (Å²) in [5.74, 6) is 0.771. The zero-order chi connectivity index (χ0) is 18.8. The van der Waals surface area contributed by atoms with E-state index in [0.717, 1.165) is 31.5 Å². The number of rotatable bonds is 3. The van der Waals surface area contributed by atoms with E-state index in [0.29, 0.717) is 41.5 Å². The topological polar surface area (TPSA) is 67.9 Å². The number of amides is 2. The summed E-state index contributed by atoms with van der Waals surface area (Å²) in [7, 11) is 0. The Morgan fingerprint density at radius 1 is 0.963 bits per heavy atom. The van der Waals surface area contributed by atoms with Crippen LogP contribution in [0.1, 0.15) is 39.1 Å². The second-order valence-corrected chi connectivity index (χ2v) is 6.76. The fourth-order valence-corrected chi connectivity index (χ4v) is 3.54. The molecule has 140 valence electrons. The lowest BCUT2D eigenvalue weighted by atomic mass is 10.0. The molecule has 2 aromatic carbocycles. The number of nitrogens with one attached hydrogen (secondary N) is 1. The van der Waals surface area contributed by atoms with E-state index < -0.39 is 0 Å². The summed E-state index contributed by atoms with van der Waals surface area (Å²) in [6.45, 7) is 4.33. The molecule has 0 aromatic heterocycles. The fraction of sp³-hybridized carbons (Fsp3) is 0.333. The number of carbonyl (C=O) groups excluding carboxylic acids is 2. The Hall–Kier alpha value is -3.02. The van der Waals surface area contributed by atoms with E-state index >= 15 is 0 Å². The van der Waals surface area contributed by atoms with Gasteiger partial charge in [-0.2, -0.15) is 0 Å². The lowest BCUT2D eigenvalue weighted by Crippen LogP contribution is -2.28. The minimum absolute atomic E-state index is 0.0231. The lowest BCUT2D eigenvalue weighted by Gasteiger charge is -2.21. The summed E-state index contributed by atoms with van der Waals surface area (Å²) < 4.78 is 11.2. The van der Waals surface area contributed by atoms with Crippen LogP contribution in [-0.2, 0) is 0 Å². The molecule has 0 saturated carbocycles. The Labute approximate surface area is 158 Å². The number of fused-ring (bicyclic) bond motifs is 1. The molecule has 0 spiro atoms. The molecule has 2 aromatic rings. The number of hydrogen-bond donors (Lipinski definition) is 1. The van der Waals surface area contributed by atoms with Crippen LogP contribution in [-0.4, -0.2) is 43.0 Å². The molecule has 0 bridgehead atoms. The molecule has 0 unspecified atom stereocenters. The van der Waals surface area contributed by atoms with Gasteiger partial charge in [-0.3, -0.25) is 9.59 Å². The van der Waals surface area contributed by atoms with Gasteiger partial charge in [0.25, 0.3) is 11.8 Å². The minimum atomic E-state index is -0.286. The Morgan fingerprint density at radius 2 is 1.67 bits per heavy atom. The number of nitrogens with zero attached hydrogens (tertiary/aromatic N) is 1. The number of hydrogen-bond acceptors (Lipinski definition) is 4. The van der Waals surface area contributed by atoms with Crippen molar-refractivity contribution in [1.29, 1.82) is 0 Å². The SMILES string of the molecule is Cc1c(NC(=O)c2cccc3c2OCCO3)cccc1C(=O)N1CCCC1. The Bertz CT molecular complexity index is 888. The van der Waals surface area contributed by atoms with Crippen molar-refractivity contribution in [2.75, 3.05) is 31.6 Å². The van der Waals surface area contributed by atoms with Crippen molar-refractivity contribution in [3.63, 3.8) is 0 Å². The van der Waals surface area contributed by atoms with Crippen LogP contribution in [0.3, 0.4) is 0 Å². The van der Waals surface area contributed by atoms with Crippen LogP contribution in [0.2, 0.25) is 0 Å². The summed E-state index contributed by atoms with van der Waals surface area (Å²) >= 11 is 0. The number of para-hydroxylation sites is 1. The summed E-state index contributed by atoms with van der Waals surface area (Å²) in [6, 6.07) is 10.7. The number of anilines is 1. The zero-order valence-electron chi connectivity index (χ0n) is 15.3. The molecule has 0 aliphatic carbocycles. The third-order valence-electron chi connectivity index (χ3n) is 5.02. The second-order valence-electron chi connectivity index (χ2n) is 6.76. The predicted octanol–water partition coefficient (Wildman–Crippen LogP) is 3.25. The van der Waals surface area contributed by atoms with Crippen LogP contribution in [0.25, 0.3) is 0 Å². The standard InChI is InChI=1S/C21H22N2O4/c1-14-15(21(25)23-10-2-3-11-23)6-4-8-17(14)22-20(24)16-7-5-9-18-19(16)27-13-12-26-18/h4-9H,2-3,10-13H2,1H3,(H,22,24). The highest BCUT2D eigenvalue weighted by atomic mass is 16.6. The van der Waals surface area contributed by atoms with Gasteiger partial charge in [-0.05, 0) is 49.6 Å². The van der Waals surface area contributed by atoms with Gasteiger partial charge in [0.1, 0.15) is 13.2 Å². The maximum Gasteiger partial charge on any atom is 0.259 e. The van der Waals surface area contributed by atoms with Crippen LogP contribution in [0.15, 0.2) is 36.4 Å². The number of benzene rings is 2. The van der Waals surface area contributed by atoms with Gasteiger partial charge >= 0.3 is 0 Å². The van der Waals surface area contributed by atoms with Gasteiger partial charge in [0, 0.05) is 24.3 Å². The maximum atomic E-state index is 12.8. The van der Waals surface area contributed by atoms with E-state index in [-0.39, 0.29) is 11.8 Å². The van der Waals surface area contributed by atoms with Gasteiger partial charge in [-0.1, -0.05) is 12.1 Å². The molecule has 0 atom stereocenters. The lowest BCUT2D eigenvalue weighted by molar-refractivity contribution is 0.0791. The van der Waals surface area contributed by atoms with Crippen molar-refractivity contribution in [3.8, 4) is 11.5 Å². The van der Waals surface area contributed by atoms with Crippen molar-refractivity contribution >= 4 is 17.5 Å². The maximum absolute atomic E-state index is 12.8. The molecule has 1 N–H and O–H groups in total. The summed E-state index contributed by atoms with van der Waals surface area (Å²) in [5.41, 5.74) is 2.44. The average Bonchev–Trinajstić information content (AvgIpc) is 3.23. The summed E-state index contributed by atoms with van der Waals surface area (Å²) in [4.78, 5) is 27.4. The first kappa shape index (κ1) is 17.4. The molecule has 0 radical (unpaired) electrons. The van der Waals surface area contributed by atoms with E-state index in [1.807, 2.05) is 17.9 Å². The molecule has 6 heteroatoms. The van der Waals surface area contributed by atoms with Crippen LogP contribution >= 0.6 is 0 Å². The average molecular weight is 366 g/mol. The van der Waals surface area contributed by atoms with E-state index in [4.69, 9.17) is 9.47 Å². The third-order valence-corrected chi connectivity index (χ3v) is 5.02. The van der Waals surface area contributed by atoms with Gasteiger partial charge in [0.2, 0.25) is 0 Å². The van der Waals surface area contributed by atoms with Gasteiger partial charge in [-0.25, -0.2) is 0 Å². The van der Waals surface area contributed by atoms with Crippen molar-refractivity contribution < 1.29 is 19.1 Å². The van der Waals surface area contributed by atoms with Crippen LogP contribution in [0.5, 0.6) is 11.5 Å². The predicted molar refractivity (Wildman–Crippen MR) is 102 cm³/mol. The van der Waals surface area contributed by atoms with Gasteiger partial charge in [0.05, 0.1) is 5.56 Å². The monoisotopic (exact) mass is 366 g/mol. The van der Waals surface area contributed by atoms with E-state index in [9.17, 15) is 9.59 Å². The second kappa shape index (κ2) is 7.31. The van der Waals surface area contributed by atoms with Gasteiger partial charge in [0.15, 0.2) is 11.5 Å². The van der Waals surface area contributed by atoms with Crippen molar-refractivity contribution in [1.82, 2.24) is 4.90 Å². The molecule has 1 saturated heterocycles. The summed E-state index contributed by atoms with van der Waals surface area (Å²) in [6.07, 6.45) is 2.09. The molecular formula is C21H22N2O4. The molecule has 4 rings (SSSR count). The Kier molecular flexibility index (Phi) is 4.71. The highest BCUT2D eigenvalue weighted by Gasteiger charge is 2.24. The summed E-state index contributed by atoms with van der Waals surface area (Å²) in [5, 5.41) is 2.92. The molecule has 2 aliphatic rings. The smallest absolute Gasteiger partial charge is 0.259 e.